The Kier molecular flexibility index (Phi) is 26.7. The van der Waals surface area contributed by atoms with Crippen LogP contribution in [0.5, 0.6) is 5.75 Å². The summed E-state index contributed by atoms with van der Waals surface area (Å²) < 4.78 is 29.3. The van der Waals surface area contributed by atoms with Crippen molar-refractivity contribution in [3.63, 3.8) is 0 Å². The van der Waals surface area contributed by atoms with Crippen LogP contribution in [0.1, 0.15) is 154 Å². The van der Waals surface area contributed by atoms with Crippen LogP contribution in [-0.2, 0) is 24.8 Å². The lowest BCUT2D eigenvalue weighted by Gasteiger charge is -2.20. The fourth-order valence-corrected chi connectivity index (χ4v) is 6.68. The highest BCUT2D eigenvalue weighted by molar-refractivity contribution is 7.47. The van der Waals surface area contributed by atoms with E-state index in [-0.39, 0.29) is 24.9 Å². The van der Waals surface area contributed by atoms with Crippen LogP contribution in [0.2, 0.25) is 0 Å². The van der Waals surface area contributed by atoms with E-state index in [2.05, 4.69) is 21.0 Å². The predicted octanol–water partition coefficient (Wildman–Crippen LogP) is 9.30. The number of nitrogens with one attached hydrogen (secondary N) is 1. The van der Waals surface area contributed by atoms with E-state index in [4.69, 9.17) is 13.8 Å². The molecule has 0 saturated heterocycles. The van der Waals surface area contributed by atoms with Crippen molar-refractivity contribution in [2.24, 2.45) is 5.92 Å². The number of carbonyl (C=O) groups is 1. The topological polar surface area (TPSA) is 86.5 Å². The van der Waals surface area contributed by atoms with Gasteiger partial charge in [0.25, 0.3) is 0 Å². The molecule has 268 valence electrons. The highest BCUT2D eigenvalue weighted by Crippen LogP contribution is 2.44. The summed E-state index contributed by atoms with van der Waals surface area (Å²) in [5.41, 5.74) is 0.997. The van der Waals surface area contributed by atoms with Gasteiger partial charge in [-0.1, -0.05) is 128 Å². The van der Waals surface area contributed by atoms with Gasteiger partial charge in [-0.15, -0.1) is 0 Å². The van der Waals surface area contributed by atoms with Gasteiger partial charge in [-0.2, -0.15) is 0 Å². The first-order valence-corrected chi connectivity index (χ1v) is 20.4. The molecule has 2 N–H and O–H groups in total. The summed E-state index contributed by atoms with van der Waals surface area (Å²) in [6.45, 7) is 6.07. The molecule has 1 rings (SSSR count). The van der Waals surface area contributed by atoms with Gasteiger partial charge in [-0.25, -0.2) is 4.57 Å². The fraction of sp³-hybridized carbons (Fsp3) is 0.816. The van der Waals surface area contributed by atoms with Gasteiger partial charge in [0.05, 0.1) is 40.5 Å². The Bertz CT molecular complexity index is 911. The van der Waals surface area contributed by atoms with Gasteiger partial charge in [-0.05, 0) is 49.7 Å². The number of Topliss-reactive ketones (excluding diaryl/α,β-unsaturated/α-hetero) is 1. The minimum atomic E-state index is -4.18. The number of phosphoric ester groups is 1. The zero-order chi connectivity index (χ0) is 33.7. The zero-order valence-electron chi connectivity index (χ0n) is 30.2. The van der Waals surface area contributed by atoms with Crippen molar-refractivity contribution in [1.82, 2.24) is 0 Å². The second kappa shape index (κ2) is 28.7. The van der Waals surface area contributed by atoms with Crippen molar-refractivity contribution < 1.29 is 32.9 Å². The number of quaternary nitrogens is 1. The first-order valence-electron chi connectivity index (χ1n) is 18.9. The fourth-order valence-electron chi connectivity index (χ4n) is 5.85. The Morgan fingerprint density at radius 1 is 0.739 bits per heavy atom. The van der Waals surface area contributed by atoms with Gasteiger partial charge >= 0.3 is 7.82 Å². The molecule has 0 fully saturated rings. The van der Waals surface area contributed by atoms with Crippen molar-refractivity contribution in [2.45, 2.75) is 155 Å². The van der Waals surface area contributed by atoms with Crippen molar-refractivity contribution in [3.8, 4) is 5.75 Å². The number of unbranched alkanes of at least 4 members (excludes halogenated alkanes) is 16. The summed E-state index contributed by atoms with van der Waals surface area (Å²) in [5, 5.41) is 0. The van der Waals surface area contributed by atoms with E-state index in [0.717, 1.165) is 37.1 Å². The number of ether oxygens (including phenoxy) is 1. The van der Waals surface area contributed by atoms with Crippen LogP contribution in [0, 0.1) is 5.92 Å². The van der Waals surface area contributed by atoms with Crippen molar-refractivity contribution in [1.29, 1.82) is 0 Å². The van der Waals surface area contributed by atoms with E-state index in [1.54, 1.807) is 0 Å². The van der Waals surface area contributed by atoms with Crippen LogP contribution in [-0.4, -0.2) is 51.1 Å². The summed E-state index contributed by atoms with van der Waals surface area (Å²) in [6.07, 6.45) is 25.2. The molecule has 2 unspecified atom stereocenters. The van der Waals surface area contributed by atoms with Crippen LogP contribution < -0.4 is 9.64 Å². The second-order valence-electron chi connectivity index (χ2n) is 13.6. The molecule has 0 heterocycles. The van der Waals surface area contributed by atoms with Gasteiger partial charge < -0.3 is 14.5 Å². The van der Waals surface area contributed by atoms with E-state index >= 15 is 0 Å². The Hall–Kier alpha value is -1.24. The molecule has 0 aliphatic rings. The van der Waals surface area contributed by atoms with E-state index in [1.165, 1.54) is 101 Å². The first-order chi connectivity index (χ1) is 22.3. The Balaban J connectivity index is 2.35. The molecule has 2 atom stereocenters. The molecule has 0 saturated carbocycles. The standard InChI is InChI=1S/C38H70NO6P/c1-5-7-8-9-10-11-12-13-14-15-16-17-18-19-20-24-30-43-38-28-22-21-27-36(38)32-35(33-37(40)26-6-2)34-45-46(41,42)44-31-25-23-29-39(3)4/h21-22,27-28,35H,5-20,23-26,29-34H2,1-4H3,(H,41,42)/p+1. The average Bonchev–Trinajstić information content (AvgIpc) is 3.02. The van der Waals surface area contributed by atoms with E-state index in [0.29, 0.717) is 32.3 Å². The van der Waals surface area contributed by atoms with Crippen molar-refractivity contribution >= 4 is 13.6 Å². The number of rotatable bonds is 33. The highest BCUT2D eigenvalue weighted by Gasteiger charge is 2.25. The van der Waals surface area contributed by atoms with Crippen molar-refractivity contribution in [2.75, 3.05) is 40.5 Å². The molecule has 0 bridgehead atoms. The molecule has 0 aliphatic carbocycles. The quantitative estimate of drug-likeness (QED) is 0.0574. The van der Waals surface area contributed by atoms with Gasteiger partial charge in [0, 0.05) is 12.8 Å². The van der Waals surface area contributed by atoms with Crippen LogP contribution in [0.3, 0.4) is 0 Å². The van der Waals surface area contributed by atoms with Crippen LogP contribution in [0.25, 0.3) is 0 Å². The lowest BCUT2D eigenvalue weighted by molar-refractivity contribution is -0.858. The van der Waals surface area contributed by atoms with Gasteiger partial charge in [0.15, 0.2) is 0 Å². The van der Waals surface area contributed by atoms with Crippen LogP contribution in [0.4, 0.5) is 0 Å². The maximum Gasteiger partial charge on any atom is 0.472 e. The van der Waals surface area contributed by atoms with E-state index < -0.39 is 7.82 Å². The first kappa shape index (κ1) is 42.8. The molecule has 0 aliphatic heterocycles. The summed E-state index contributed by atoms with van der Waals surface area (Å²) in [4.78, 5) is 24.1. The Labute approximate surface area is 283 Å². The number of ketones is 1. The molecule has 46 heavy (non-hydrogen) atoms. The minimum absolute atomic E-state index is 0.0153. The summed E-state index contributed by atoms with van der Waals surface area (Å²) in [6, 6.07) is 7.93. The molecule has 8 heteroatoms. The number of benzene rings is 1. The monoisotopic (exact) mass is 669 g/mol. The molecular weight excluding hydrogens is 597 g/mol. The number of phosphoric acid groups is 1. The smallest absolute Gasteiger partial charge is 0.472 e. The van der Waals surface area contributed by atoms with Crippen LogP contribution in [0.15, 0.2) is 24.3 Å². The molecule has 1 aromatic carbocycles. The molecule has 7 nitrogen and oxygen atoms in total. The summed E-state index contributed by atoms with van der Waals surface area (Å²) in [7, 11) is -0.0334. The third kappa shape index (κ3) is 24.9. The zero-order valence-corrected chi connectivity index (χ0v) is 31.1. The summed E-state index contributed by atoms with van der Waals surface area (Å²) in [5.74, 6) is 0.728. The third-order valence-corrected chi connectivity index (χ3v) is 9.56. The maximum absolute atomic E-state index is 12.5. The second-order valence-corrected chi connectivity index (χ2v) is 15.0. The van der Waals surface area contributed by atoms with Gasteiger partial charge in [0.1, 0.15) is 11.5 Å². The largest absolute Gasteiger partial charge is 0.493 e. The van der Waals surface area contributed by atoms with Gasteiger partial charge in [-0.3, -0.25) is 13.8 Å². The van der Waals surface area contributed by atoms with E-state index in [9.17, 15) is 14.3 Å². The third-order valence-electron chi connectivity index (χ3n) is 8.58. The number of hydrogen-bond acceptors (Lipinski definition) is 5. The van der Waals surface area contributed by atoms with Gasteiger partial charge in [0.2, 0.25) is 0 Å². The van der Waals surface area contributed by atoms with Crippen molar-refractivity contribution in [3.05, 3.63) is 29.8 Å². The molecule has 0 radical (unpaired) electrons. The molecular formula is C38H71NO6P+. The lowest BCUT2D eigenvalue weighted by atomic mass is 9.93. The average molecular weight is 669 g/mol. The van der Waals surface area contributed by atoms with Crippen LogP contribution >= 0.6 is 7.82 Å². The molecule has 0 aromatic heterocycles. The predicted molar refractivity (Wildman–Crippen MR) is 192 cm³/mol. The highest BCUT2D eigenvalue weighted by atomic mass is 31.2. The molecule has 0 amide bonds. The number of para-hydroxylation sites is 1. The maximum atomic E-state index is 12.5. The Morgan fingerprint density at radius 3 is 1.85 bits per heavy atom. The molecule has 1 aromatic rings. The SMILES string of the molecule is CCCCCCCCCCCCCCCCCCOc1ccccc1CC(COP(=O)(O)OCCCC[NH+](C)C)CC(=O)CCC. The number of hydrogen-bond donors (Lipinski definition) is 2. The summed E-state index contributed by atoms with van der Waals surface area (Å²) >= 11 is 0. The lowest BCUT2D eigenvalue weighted by Crippen LogP contribution is -3.05. The molecule has 0 spiro atoms. The Morgan fingerprint density at radius 2 is 1.28 bits per heavy atom. The normalized spacial score (nSPS) is 13.6. The minimum Gasteiger partial charge on any atom is -0.493 e. The number of carbonyl (C=O) groups excluding carboxylic acids is 1. The van der Waals surface area contributed by atoms with E-state index in [1.807, 2.05) is 31.2 Å².